The molecular formula is C46H57N3O5. The molecule has 0 spiro atoms. The van der Waals surface area contributed by atoms with Crippen molar-refractivity contribution in [1.82, 2.24) is 15.3 Å². The fraction of sp³-hybridized carbons (Fsp3) is 0.457. The molecule has 0 unspecified atom stereocenters. The number of ether oxygens (including phenoxy) is 1. The lowest BCUT2D eigenvalue weighted by atomic mass is 9.89. The van der Waals surface area contributed by atoms with Gasteiger partial charge in [-0.3, -0.25) is 9.59 Å². The van der Waals surface area contributed by atoms with Crippen LogP contribution < -0.4 is 16.0 Å². The Kier molecular flexibility index (Phi) is 13.3. The summed E-state index contributed by atoms with van der Waals surface area (Å²) in [6, 6.07) is 12.5. The van der Waals surface area contributed by atoms with Gasteiger partial charge in [0.25, 0.3) is 11.6 Å². The first kappa shape index (κ1) is 38.9. The molecular weight excluding hydrogens is 675 g/mol. The van der Waals surface area contributed by atoms with Gasteiger partial charge >= 0.3 is 5.97 Å². The highest BCUT2D eigenvalue weighted by molar-refractivity contribution is 6.54. The van der Waals surface area contributed by atoms with E-state index < -0.39 is 11.6 Å². The van der Waals surface area contributed by atoms with Gasteiger partial charge in [0.05, 0.1) is 12.8 Å². The smallest absolute Gasteiger partial charge is 0.333 e. The lowest BCUT2D eigenvalue weighted by molar-refractivity contribution is -0.136. The van der Waals surface area contributed by atoms with Crippen molar-refractivity contribution in [3.63, 3.8) is 0 Å². The molecule has 0 aromatic carbocycles. The summed E-state index contributed by atoms with van der Waals surface area (Å²) >= 11 is 0. The number of esters is 1. The first-order valence-electron chi connectivity index (χ1n) is 20.4. The lowest BCUT2D eigenvalue weighted by Gasteiger charge is -2.18. The predicted octanol–water partition coefficient (Wildman–Crippen LogP) is 9.24. The maximum atomic E-state index is 14.2. The number of carbonyl (C=O) groups excluding carboxylic acids is 3. The van der Waals surface area contributed by atoms with Crippen molar-refractivity contribution < 1.29 is 23.5 Å². The molecule has 3 N–H and O–H groups in total. The molecule has 1 saturated heterocycles. The zero-order chi connectivity index (χ0) is 38.0. The molecule has 0 atom stereocenters. The van der Waals surface area contributed by atoms with Crippen molar-refractivity contribution in [2.24, 2.45) is 0 Å². The van der Waals surface area contributed by atoms with Crippen LogP contribution >= 0.6 is 0 Å². The van der Waals surface area contributed by atoms with Crippen LogP contribution in [0, 0.1) is 0 Å². The number of rotatable bonds is 17. The fourth-order valence-electron chi connectivity index (χ4n) is 7.96. The molecule has 3 aromatic heterocycles. The third kappa shape index (κ3) is 8.59. The van der Waals surface area contributed by atoms with Crippen LogP contribution in [0.4, 0.5) is 0 Å². The highest BCUT2D eigenvalue weighted by Crippen LogP contribution is 2.38. The minimum atomic E-state index is -0.567. The van der Waals surface area contributed by atoms with Gasteiger partial charge < -0.3 is 24.4 Å². The van der Waals surface area contributed by atoms with E-state index >= 15 is 0 Å². The summed E-state index contributed by atoms with van der Waals surface area (Å²) in [5.74, 6) is -0.0785. The Hall–Kier alpha value is -4.85. The Labute approximate surface area is 319 Å². The second-order valence-electron chi connectivity index (χ2n) is 14.9. The van der Waals surface area contributed by atoms with Crippen molar-refractivity contribution in [2.75, 3.05) is 7.11 Å². The highest BCUT2D eigenvalue weighted by atomic mass is 16.5. The number of Topliss-reactive ketones (excluding diaryl/α,β-unsaturated/α-hetero) is 2. The van der Waals surface area contributed by atoms with E-state index in [1.165, 1.54) is 25.5 Å². The summed E-state index contributed by atoms with van der Waals surface area (Å²) in [5, 5.41) is 5.48. The van der Waals surface area contributed by atoms with E-state index in [-0.39, 0.29) is 11.7 Å². The number of aromatic amines is 2. The van der Waals surface area contributed by atoms with Crippen LogP contribution in [0.1, 0.15) is 153 Å². The predicted molar refractivity (Wildman–Crippen MR) is 215 cm³/mol. The minimum Gasteiger partial charge on any atom is -0.466 e. The largest absolute Gasteiger partial charge is 0.466 e. The number of furan rings is 1. The van der Waals surface area contributed by atoms with E-state index in [4.69, 9.17) is 9.15 Å². The molecule has 3 aromatic rings. The number of allylic oxidation sites excluding steroid dienone is 7. The SMILES string of the molecule is CCCCCCC1=C2NC(=C(C3=CC=C(C(=O)OC)CC3)c3ccc([nH]3)C(CCCCCC)=c3ccc([nH]3)=C(CCCCCC)c3ccc1o3)C(=O)C2=O. The first-order chi connectivity index (χ1) is 26.4. The van der Waals surface area contributed by atoms with E-state index in [2.05, 4.69) is 54.3 Å². The summed E-state index contributed by atoms with van der Waals surface area (Å²) < 4.78 is 11.7. The van der Waals surface area contributed by atoms with Crippen molar-refractivity contribution in [1.29, 1.82) is 0 Å². The lowest BCUT2D eigenvalue weighted by Crippen LogP contribution is -2.17. The number of fused-ring (bicyclic) bond motifs is 8. The molecule has 8 nitrogen and oxygen atoms in total. The molecule has 8 heteroatoms. The minimum absolute atomic E-state index is 0.254. The van der Waals surface area contributed by atoms with Gasteiger partial charge in [0.1, 0.15) is 17.2 Å². The number of H-pyrrole nitrogens is 2. The number of unbranched alkanes of at least 4 members (excludes halogenated alkanes) is 9. The van der Waals surface area contributed by atoms with Crippen molar-refractivity contribution in [2.45, 2.75) is 130 Å². The quantitative estimate of drug-likeness (QED) is 0.0724. The Morgan fingerprint density at radius 2 is 1.20 bits per heavy atom. The Bertz CT molecular complexity index is 2110. The molecule has 0 amide bonds. The number of nitrogens with one attached hydrogen (secondary N) is 3. The monoisotopic (exact) mass is 731 g/mol. The summed E-state index contributed by atoms with van der Waals surface area (Å²) in [6.45, 7) is 6.63. The van der Waals surface area contributed by atoms with Crippen LogP contribution in [-0.2, 0) is 19.1 Å². The third-order valence-corrected chi connectivity index (χ3v) is 11.0. The van der Waals surface area contributed by atoms with Gasteiger partial charge in [0, 0.05) is 44.4 Å². The summed E-state index contributed by atoms with van der Waals surface area (Å²) in [6.07, 6.45) is 20.1. The van der Waals surface area contributed by atoms with Gasteiger partial charge in [0.15, 0.2) is 0 Å². The maximum absolute atomic E-state index is 14.2. The molecule has 0 saturated carbocycles. The average Bonchev–Trinajstić information content (AvgIpc) is 4.02. The highest BCUT2D eigenvalue weighted by Gasteiger charge is 2.38. The van der Waals surface area contributed by atoms with Crippen molar-refractivity contribution in [3.05, 3.63) is 105 Å². The molecule has 5 heterocycles. The first-order valence-corrected chi connectivity index (χ1v) is 20.4. The molecule has 8 bridgehead atoms. The zero-order valence-electron chi connectivity index (χ0n) is 32.7. The van der Waals surface area contributed by atoms with Gasteiger partial charge in [-0.1, -0.05) is 90.7 Å². The molecule has 1 aliphatic carbocycles. The van der Waals surface area contributed by atoms with Gasteiger partial charge in [-0.2, -0.15) is 0 Å². The number of aromatic nitrogens is 2. The zero-order valence-corrected chi connectivity index (χ0v) is 32.7. The van der Waals surface area contributed by atoms with Crippen molar-refractivity contribution >= 4 is 39.8 Å². The van der Waals surface area contributed by atoms with E-state index in [1.807, 2.05) is 24.3 Å². The number of ketones is 2. The van der Waals surface area contributed by atoms with Crippen LogP contribution in [0.15, 0.2) is 75.5 Å². The van der Waals surface area contributed by atoms with Gasteiger partial charge in [-0.05, 0) is 98.9 Å². The number of hydrogen-bond acceptors (Lipinski definition) is 6. The molecule has 2 aliphatic heterocycles. The Morgan fingerprint density at radius 3 is 1.81 bits per heavy atom. The topological polar surface area (TPSA) is 117 Å². The second-order valence-corrected chi connectivity index (χ2v) is 14.9. The van der Waals surface area contributed by atoms with Gasteiger partial charge in [-0.15, -0.1) is 0 Å². The molecule has 1 fully saturated rings. The molecule has 54 heavy (non-hydrogen) atoms. The summed E-state index contributed by atoms with van der Waals surface area (Å²) in [5.41, 5.74) is 7.37. The van der Waals surface area contributed by atoms with Crippen LogP contribution in [-0.4, -0.2) is 34.6 Å². The van der Waals surface area contributed by atoms with E-state index in [0.717, 1.165) is 122 Å². The van der Waals surface area contributed by atoms with Gasteiger partial charge in [0.2, 0.25) is 0 Å². The van der Waals surface area contributed by atoms with E-state index in [1.54, 1.807) is 6.08 Å². The Balaban J connectivity index is 1.60. The molecule has 3 aliphatic rings. The number of hydrogen-bond donors (Lipinski definition) is 3. The Morgan fingerprint density at radius 1 is 0.630 bits per heavy atom. The summed E-state index contributed by atoms with van der Waals surface area (Å²) in [7, 11) is 1.38. The molecule has 286 valence electrons. The van der Waals surface area contributed by atoms with Crippen LogP contribution in [0.25, 0.3) is 22.3 Å². The normalized spacial score (nSPS) is 15.9. The van der Waals surface area contributed by atoms with E-state index in [0.29, 0.717) is 41.9 Å². The average molecular weight is 732 g/mol. The fourth-order valence-corrected chi connectivity index (χ4v) is 7.96. The third-order valence-electron chi connectivity index (χ3n) is 11.0. The van der Waals surface area contributed by atoms with E-state index in [9.17, 15) is 14.4 Å². The maximum Gasteiger partial charge on any atom is 0.333 e. The number of methoxy groups -OCH3 is 1. The van der Waals surface area contributed by atoms with Crippen molar-refractivity contribution in [3.8, 4) is 0 Å². The van der Waals surface area contributed by atoms with Crippen LogP contribution in [0.2, 0.25) is 0 Å². The molecule has 6 rings (SSSR count). The summed E-state index contributed by atoms with van der Waals surface area (Å²) in [4.78, 5) is 48.2. The van der Waals surface area contributed by atoms with Crippen LogP contribution in [0.5, 0.6) is 0 Å². The van der Waals surface area contributed by atoms with Gasteiger partial charge in [-0.25, -0.2) is 4.79 Å². The van der Waals surface area contributed by atoms with Crippen LogP contribution in [0.3, 0.4) is 0 Å². The second kappa shape index (κ2) is 18.5. The standard InChI is InChI=1S/C46H57N3O5/c1-5-8-11-14-17-32-35-24-25-37(47-35)33(18-15-12-9-6-2)39-28-29-40(54-39)34(19-16-13-10-7-3)42-44(50)45(51)43(49-42)41(38-27-26-36(32)48-38)30-20-22-31(23-21-30)46(52)53-4/h20,22,24-29,47-49H,5-19,21,23H2,1-4H3. The molecule has 0 radical (unpaired) electrons. The number of carbonyl (C=O) groups is 3.